The van der Waals surface area contributed by atoms with Crippen LogP contribution in [0.3, 0.4) is 0 Å². The first-order chi connectivity index (χ1) is 17.3. The van der Waals surface area contributed by atoms with Crippen molar-refractivity contribution in [3.63, 3.8) is 0 Å². The lowest BCUT2D eigenvalue weighted by Crippen LogP contribution is -2.55. The van der Waals surface area contributed by atoms with E-state index in [0.717, 1.165) is 13.0 Å². The van der Waals surface area contributed by atoms with Crippen LogP contribution < -0.4 is 0 Å². The summed E-state index contributed by atoms with van der Waals surface area (Å²) in [7, 11) is -3.64. The fraction of sp³-hybridized carbons (Fsp3) is 0.370. The SMILES string of the molecule is CC1CN(C(=O)CCN2CCc3sccc3C2c2ccccc2)CCN1S(=O)(=O)c1ccc(Cl)cc1. The monoisotopic (exact) mass is 543 g/mol. The molecule has 2 aliphatic heterocycles. The van der Waals surface area contributed by atoms with Crippen molar-refractivity contribution < 1.29 is 13.2 Å². The normalized spacial score (nSPS) is 21.3. The number of halogens is 1. The maximum Gasteiger partial charge on any atom is 0.243 e. The molecule has 36 heavy (non-hydrogen) atoms. The molecule has 3 aromatic rings. The second-order valence-electron chi connectivity index (χ2n) is 9.41. The maximum atomic E-state index is 13.2. The van der Waals surface area contributed by atoms with Gasteiger partial charge in [-0.1, -0.05) is 41.9 Å². The number of carbonyl (C=O) groups is 1. The Labute approximate surface area is 222 Å². The van der Waals surface area contributed by atoms with Gasteiger partial charge in [-0.25, -0.2) is 8.42 Å². The Morgan fingerprint density at radius 2 is 1.78 bits per heavy atom. The molecule has 0 N–H and O–H groups in total. The van der Waals surface area contributed by atoms with Crippen LogP contribution in [0.5, 0.6) is 0 Å². The van der Waals surface area contributed by atoms with E-state index in [1.54, 1.807) is 12.1 Å². The minimum atomic E-state index is -3.64. The predicted molar refractivity (Wildman–Crippen MR) is 144 cm³/mol. The van der Waals surface area contributed by atoms with E-state index in [-0.39, 0.29) is 29.4 Å². The van der Waals surface area contributed by atoms with Gasteiger partial charge in [-0.05, 0) is 60.2 Å². The van der Waals surface area contributed by atoms with E-state index >= 15 is 0 Å². The lowest BCUT2D eigenvalue weighted by Gasteiger charge is -2.40. The van der Waals surface area contributed by atoms with Crippen LogP contribution in [0, 0.1) is 0 Å². The summed E-state index contributed by atoms with van der Waals surface area (Å²) in [6.07, 6.45) is 1.42. The van der Waals surface area contributed by atoms with Gasteiger partial charge in [0.05, 0.1) is 10.9 Å². The molecule has 0 aliphatic carbocycles. The third-order valence-electron chi connectivity index (χ3n) is 7.13. The van der Waals surface area contributed by atoms with Gasteiger partial charge in [0.15, 0.2) is 0 Å². The Kier molecular flexibility index (Phi) is 7.51. The van der Waals surface area contributed by atoms with Gasteiger partial charge in [0.2, 0.25) is 15.9 Å². The van der Waals surface area contributed by atoms with E-state index in [9.17, 15) is 13.2 Å². The van der Waals surface area contributed by atoms with Crippen molar-refractivity contribution in [2.24, 2.45) is 0 Å². The number of nitrogens with zero attached hydrogens (tertiary/aromatic N) is 3. The van der Waals surface area contributed by atoms with E-state index < -0.39 is 10.0 Å². The van der Waals surface area contributed by atoms with Gasteiger partial charge >= 0.3 is 0 Å². The summed E-state index contributed by atoms with van der Waals surface area (Å²) in [5.74, 6) is 0.0771. The average Bonchev–Trinajstić information content (AvgIpc) is 3.36. The highest BCUT2D eigenvalue weighted by molar-refractivity contribution is 7.89. The zero-order valence-corrected chi connectivity index (χ0v) is 22.6. The van der Waals surface area contributed by atoms with Gasteiger partial charge in [0, 0.05) is 55.1 Å². The molecule has 0 spiro atoms. The number of carbonyl (C=O) groups excluding carboxylic acids is 1. The molecule has 2 atom stereocenters. The van der Waals surface area contributed by atoms with Crippen molar-refractivity contribution in [3.8, 4) is 0 Å². The van der Waals surface area contributed by atoms with Crippen LogP contribution >= 0.6 is 22.9 Å². The fourth-order valence-electron chi connectivity index (χ4n) is 5.30. The van der Waals surface area contributed by atoms with Gasteiger partial charge in [-0.15, -0.1) is 11.3 Å². The highest BCUT2D eigenvalue weighted by Gasteiger charge is 2.36. The molecule has 0 saturated carbocycles. The van der Waals surface area contributed by atoms with Gasteiger partial charge in [-0.2, -0.15) is 4.31 Å². The first kappa shape index (κ1) is 25.4. The highest BCUT2D eigenvalue weighted by atomic mass is 35.5. The average molecular weight is 544 g/mol. The number of thiophene rings is 1. The first-order valence-electron chi connectivity index (χ1n) is 12.2. The molecule has 6 nitrogen and oxygen atoms in total. The second kappa shape index (κ2) is 10.6. The maximum absolute atomic E-state index is 13.2. The minimum absolute atomic E-state index is 0.0771. The number of hydrogen-bond acceptors (Lipinski definition) is 5. The van der Waals surface area contributed by atoms with Crippen LogP contribution in [0.25, 0.3) is 0 Å². The Balaban J connectivity index is 1.23. The number of fused-ring (bicyclic) bond motifs is 1. The number of hydrogen-bond donors (Lipinski definition) is 0. The summed E-state index contributed by atoms with van der Waals surface area (Å²) < 4.78 is 27.8. The molecule has 3 heterocycles. The molecular formula is C27H30ClN3O3S2. The number of benzene rings is 2. The molecule has 1 fully saturated rings. The van der Waals surface area contributed by atoms with Crippen LogP contribution in [0.15, 0.2) is 70.9 Å². The van der Waals surface area contributed by atoms with E-state index in [2.05, 4.69) is 40.6 Å². The van der Waals surface area contributed by atoms with Crippen molar-refractivity contribution in [2.45, 2.75) is 36.7 Å². The topological polar surface area (TPSA) is 60.9 Å². The third-order valence-corrected chi connectivity index (χ3v) is 10.4. The number of amides is 1. The number of rotatable bonds is 6. The highest BCUT2D eigenvalue weighted by Crippen LogP contribution is 2.37. The van der Waals surface area contributed by atoms with Gasteiger partial charge in [-0.3, -0.25) is 9.69 Å². The zero-order chi connectivity index (χ0) is 25.3. The lowest BCUT2D eigenvalue weighted by molar-refractivity contribution is -0.133. The van der Waals surface area contributed by atoms with E-state index in [1.165, 1.54) is 32.4 Å². The van der Waals surface area contributed by atoms with Crippen molar-refractivity contribution in [3.05, 3.63) is 87.1 Å². The summed E-state index contributed by atoms with van der Waals surface area (Å²) in [6, 6.07) is 18.8. The molecule has 9 heteroatoms. The van der Waals surface area contributed by atoms with Crippen LogP contribution in [-0.2, 0) is 21.2 Å². The Morgan fingerprint density at radius 1 is 1.03 bits per heavy atom. The third kappa shape index (κ3) is 5.10. The molecule has 1 amide bonds. The zero-order valence-electron chi connectivity index (χ0n) is 20.2. The smallest absolute Gasteiger partial charge is 0.243 e. The summed E-state index contributed by atoms with van der Waals surface area (Å²) in [5.41, 5.74) is 2.60. The van der Waals surface area contributed by atoms with E-state index in [1.807, 2.05) is 29.2 Å². The molecule has 2 unspecified atom stereocenters. The molecule has 1 aromatic heterocycles. The largest absolute Gasteiger partial charge is 0.340 e. The molecular weight excluding hydrogens is 514 g/mol. The standard InChI is InChI=1S/C27H30ClN3O3S2/c1-20-19-30(16-17-31(20)36(33,34)23-9-7-22(28)8-10-23)26(32)12-15-29-14-11-25-24(13-18-35-25)27(29)21-5-3-2-4-6-21/h2-10,13,18,20,27H,11-12,14-17,19H2,1H3. The summed E-state index contributed by atoms with van der Waals surface area (Å²) in [6.45, 7) is 4.53. The van der Waals surface area contributed by atoms with Gasteiger partial charge in [0.1, 0.15) is 0 Å². The fourth-order valence-corrected chi connectivity index (χ4v) is 7.94. The molecule has 5 rings (SSSR count). The second-order valence-corrected chi connectivity index (χ2v) is 12.7. The Morgan fingerprint density at radius 3 is 2.50 bits per heavy atom. The summed E-state index contributed by atoms with van der Waals surface area (Å²) in [4.78, 5) is 19.1. The first-order valence-corrected chi connectivity index (χ1v) is 14.9. The number of piperazine rings is 1. The van der Waals surface area contributed by atoms with Crippen LogP contribution in [0.2, 0.25) is 5.02 Å². The van der Waals surface area contributed by atoms with Crippen LogP contribution in [0.1, 0.15) is 35.4 Å². The predicted octanol–water partition coefficient (Wildman–Crippen LogP) is 4.66. The van der Waals surface area contributed by atoms with E-state index in [4.69, 9.17) is 11.6 Å². The van der Waals surface area contributed by atoms with E-state index in [0.29, 0.717) is 31.1 Å². The van der Waals surface area contributed by atoms with Crippen molar-refractivity contribution in [1.82, 2.24) is 14.1 Å². The summed E-state index contributed by atoms with van der Waals surface area (Å²) >= 11 is 7.74. The van der Waals surface area contributed by atoms with Crippen LogP contribution in [0.4, 0.5) is 0 Å². The molecule has 2 aliphatic rings. The molecule has 190 valence electrons. The molecule has 2 aromatic carbocycles. The Hall–Kier alpha value is -2.23. The van der Waals surface area contributed by atoms with Crippen LogP contribution in [-0.4, -0.2) is 67.2 Å². The minimum Gasteiger partial charge on any atom is -0.340 e. The Bertz CT molecular complexity index is 1310. The summed E-state index contributed by atoms with van der Waals surface area (Å²) in [5, 5.41) is 2.66. The van der Waals surface area contributed by atoms with Crippen molar-refractivity contribution in [2.75, 3.05) is 32.7 Å². The number of sulfonamides is 1. The van der Waals surface area contributed by atoms with Crippen molar-refractivity contribution >= 4 is 38.9 Å². The molecule has 1 saturated heterocycles. The quantitative estimate of drug-likeness (QED) is 0.454. The molecule has 0 radical (unpaired) electrons. The lowest BCUT2D eigenvalue weighted by atomic mass is 9.93. The van der Waals surface area contributed by atoms with Gasteiger partial charge in [0.25, 0.3) is 0 Å². The molecule has 0 bridgehead atoms. The van der Waals surface area contributed by atoms with Gasteiger partial charge < -0.3 is 4.90 Å². The van der Waals surface area contributed by atoms with Crippen molar-refractivity contribution in [1.29, 1.82) is 0 Å².